The fourth-order valence-corrected chi connectivity index (χ4v) is 2.25. The average molecular weight is 295 g/mol. The number of anilines is 3. The second kappa shape index (κ2) is 7.99. The lowest BCUT2D eigenvalue weighted by Gasteiger charge is -2.21. The first-order valence-electron chi connectivity index (χ1n) is 7.62. The van der Waals surface area contributed by atoms with Gasteiger partial charge in [-0.15, -0.1) is 0 Å². The van der Waals surface area contributed by atoms with Crippen molar-refractivity contribution >= 4 is 17.5 Å². The predicted octanol–water partition coefficient (Wildman–Crippen LogP) is 3.72. The van der Waals surface area contributed by atoms with Crippen LogP contribution < -0.4 is 10.2 Å². The monoisotopic (exact) mass is 295 g/mol. The predicted molar refractivity (Wildman–Crippen MR) is 89.3 cm³/mol. The number of nitrogens with zero attached hydrogens (tertiary/aromatic N) is 4. The van der Waals surface area contributed by atoms with Gasteiger partial charge in [-0.2, -0.15) is 10.2 Å². The fraction of sp³-hybridized carbons (Fsp3) is 0.353. The molecule has 0 amide bonds. The molecule has 1 aromatic carbocycles. The van der Waals surface area contributed by atoms with Crippen molar-refractivity contribution in [1.82, 2.24) is 9.97 Å². The van der Waals surface area contributed by atoms with Gasteiger partial charge in [-0.25, -0.2) is 4.98 Å². The Morgan fingerprint density at radius 1 is 1.14 bits per heavy atom. The molecule has 5 nitrogen and oxygen atoms in total. The molecule has 0 spiro atoms. The molecular formula is C17H21N5. The Morgan fingerprint density at radius 3 is 2.55 bits per heavy atom. The number of aromatic nitrogens is 2. The van der Waals surface area contributed by atoms with Crippen molar-refractivity contribution in [3.63, 3.8) is 0 Å². The maximum atomic E-state index is 9.15. The number of nitrogens with one attached hydrogen (secondary N) is 1. The fourth-order valence-electron chi connectivity index (χ4n) is 2.25. The van der Waals surface area contributed by atoms with Gasteiger partial charge in [-0.05, 0) is 31.0 Å². The molecule has 0 aliphatic rings. The van der Waals surface area contributed by atoms with Crippen LogP contribution in [0.2, 0.25) is 0 Å². The van der Waals surface area contributed by atoms with Gasteiger partial charge in [0.1, 0.15) is 11.9 Å². The van der Waals surface area contributed by atoms with Gasteiger partial charge < -0.3 is 10.2 Å². The van der Waals surface area contributed by atoms with Gasteiger partial charge in [-0.3, -0.25) is 0 Å². The van der Waals surface area contributed by atoms with Gasteiger partial charge >= 0.3 is 0 Å². The molecule has 2 aromatic rings. The third kappa shape index (κ3) is 3.95. The van der Waals surface area contributed by atoms with Crippen molar-refractivity contribution in [3.05, 3.63) is 42.1 Å². The van der Waals surface area contributed by atoms with E-state index in [2.05, 4.69) is 40.1 Å². The molecule has 1 N–H and O–H groups in total. The molecular weight excluding hydrogens is 274 g/mol. The van der Waals surface area contributed by atoms with Crippen LogP contribution in [0.15, 0.2) is 36.5 Å². The van der Waals surface area contributed by atoms with Crippen LogP contribution in [0.1, 0.15) is 32.3 Å². The summed E-state index contributed by atoms with van der Waals surface area (Å²) < 4.78 is 0. The second-order valence-electron chi connectivity index (χ2n) is 5.01. The van der Waals surface area contributed by atoms with E-state index in [1.165, 1.54) is 0 Å². The maximum Gasteiger partial charge on any atom is 0.227 e. The SMILES string of the molecule is CCCN(CCC)c1nccc(Nc2ccccc2C#N)n1. The van der Waals surface area contributed by atoms with E-state index in [9.17, 15) is 0 Å². The highest BCUT2D eigenvalue weighted by Crippen LogP contribution is 2.20. The molecule has 0 unspecified atom stereocenters. The lowest BCUT2D eigenvalue weighted by atomic mass is 10.2. The van der Waals surface area contributed by atoms with E-state index in [1.807, 2.05) is 24.3 Å². The number of para-hydroxylation sites is 1. The van der Waals surface area contributed by atoms with E-state index in [4.69, 9.17) is 5.26 Å². The van der Waals surface area contributed by atoms with Crippen LogP contribution in [0.3, 0.4) is 0 Å². The zero-order valence-electron chi connectivity index (χ0n) is 13.1. The molecule has 114 valence electrons. The second-order valence-corrected chi connectivity index (χ2v) is 5.01. The lowest BCUT2D eigenvalue weighted by molar-refractivity contribution is 0.722. The van der Waals surface area contributed by atoms with Crippen molar-refractivity contribution in [2.45, 2.75) is 26.7 Å². The first-order valence-corrected chi connectivity index (χ1v) is 7.62. The molecule has 0 saturated heterocycles. The van der Waals surface area contributed by atoms with E-state index in [0.29, 0.717) is 11.4 Å². The first-order chi connectivity index (χ1) is 10.8. The molecule has 5 heteroatoms. The quantitative estimate of drug-likeness (QED) is 0.843. The van der Waals surface area contributed by atoms with Gasteiger partial charge in [-0.1, -0.05) is 26.0 Å². The molecule has 22 heavy (non-hydrogen) atoms. The van der Waals surface area contributed by atoms with Gasteiger partial charge in [0.2, 0.25) is 5.95 Å². The summed E-state index contributed by atoms with van der Waals surface area (Å²) in [6, 6.07) is 11.4. The highest BCUT2D eigenvalue weighted by Gasteiger charge is 2.09. The Hall–Kier alpha value is -2.61. The Labute approximate surface area is 131 Å². The normalized spacial score (nSPS) is 10.0. The Bertz CT molecular complexity index is 641. The Morgan fingerprint density at radius 2 is 1.86 bits per heavy atom. The Kier molecular flexibility index (Phi) is 5.73. The third-order valence-corrected chi connectivity index (χ3v) is 3.22. The summed E-state index contributed by atoms with van der Waals surface area (Å²) >= 11 is 0. The van der Waals surface area contributed by atoms with Crippen LogP contribution in [0.5, 0.6) is 0 Å². The summed E-state index contributed by atoms with van der Waals surface area (Å²) in [4.78, 5) is 11.1. The van der Waals surface area contributed by atoms with E-state index in [0.717, 1.165) is 37.6 Å². The zero-order chi connectivity index (χ0) is 15.8. The number of hydrogen-bond acceptors (Lipinski definition) is 5. The van der Waals surface area contributed by atoms with Gasteiger partial charge in [0.25, 0.3) is 0 Å². The molecule has 0 fully saturated rings. The third-order valence-electron chi connectivity index (χ3n) is 3.22. The van der Waals surface area contributed by atoms with Crippen LogP contribution in [0.4, 0.5) is 17.5 Å². The zero-order valence-corrected chi connectivity index (χ0v) is 13.1. The minimum Gasteiger partial charge on any atom is -0.341 e. The van der Waals surface area contributed by atoms with Crippen molar-refractivity contribution in [2.75, 3.05) is 23.3 Å². The average Bonchev–Trinajstić information content (AvgIpc) is 2.55. The summed E-state index contributed by atoms with van der Waals surface area (Å²) in [5, 5.41) is 12.4. The van der Waals surface area contributed by atoms with Crippen LogP contribution in [-0.4, -0.2) is 23.1 Å². The Balaban J connectivity index is 2.22. The maximum absolute atomic E-state index is 9.15. The molecule has 0 aliphatic carbocycles. The van der Waals surface area contributed by atoms with E-state index < -0.39 is 0 Å². The minimum atomic E-state index is 0.599. The topological polar surface area (TPSA) is 64.8 Å². The lowest BCUT2D eigenvalue weighted by Crippen LogP contribution is -2.27. The van der Waals surface area contributed by atoms with Crippen LogP contribution in [0, 0.1) is 11.3 Å². The summed E-state index contributed by atoms with van der Waals surface area (Å²) in [5.74, 6) is 1.42. The molecule has 0 atom stereocenters. The van der Waals surface area contributed by atoms with Crippen molar-refractivity contribution < 1.29 is 0 Å². The van der Waals surface area contributed by atoms with Gasteiger partial charge in [0, 0.05) is 19.3 Å². The van der Waals surface area contributed by atoms with Gasteiger partial charge in [0.05, 0.1) is 11.3 Å². The van der Waals surface area contributed by atoms with Crippen LogP contribution in [0.25, 0.3) is 0 Å². The summed E-state index contributed by atoms with van der Waals surface area (Å²) in [6.07, 6.45) is 3.86. The van der Waals surface area contributed by atoms with Crippen molar-refractivity contribution in [3.8, 4) is 6.07 Å². The molecule has 0 saturated carbocycles. The molecule has 1 heterocycles. The number of nitriles is 1. The summed E-state index contributed by atoms with van der Waals surface area (Å²) in [7, 11) is 0. The van der Waals surface area contributed by atoms with Crippen LogP contribution >= 0.6 is 0 Å². The largest absolute Gasteiger partial charge is 0.341 e. The number of hydrogen-bond donors (Lipinski definition) is 1. The molecule has 1 aromatic heterocycles. The van der Waals surface area contributed by atoms with Crippen LogP contribution in [-0.2, 0) is 0 Å². The highest BCUT2D eigenvalue weighted by molar-refractivity contribution is 5.64. The first kappa shape index (κ1) is 15.8. The standard InChI is InChI=1S/C17H21N5/c1-3-11-22(12-4-2)17-19-10-9-16(21-17)20-15-8-6-5-7-14(15)13-18/h5-10H,3-4,11-12H2,1-2H3,(H,19,20,21). The minimum absolute atomic E-state index is 0.599. The van der Waals surface area contributed by atoms with Crippen molar-refractivity contribution in [1.29, 1.82) is 5.26 Å². The van der Waals surface area contributed by atoms with Crippen molar-refractivity contribution in [2.24, 2.45) is 0 Å². The molecule has 2 rings (SSSR count). The summed E-state index contributed by atoms with van der Waals surface area (Å²) in [6.45, 7) is 6.17. The molecule has 0 radical (unpaired) electrons. The summed E-state index contributed by atoms with van der Waals surface area (Å²) in [5.41, 5.74) is 1.36. The highest BCUT2D eigenvalue weighted by atomic mass is 15.3. The van der Waals surface area contributed by atoms with Gasteiger partial charge in [0.15, 0.2) is 0 Å². The number of rotatable bonds is 7. The van der Waals surface area contributed by atoms with E-state index in [-0.39, 0.29) is 0 Å². The van der Waals surface area contributed by atoms with E-state index >= 15 is 0 Å². The smallest absolute Gasteiger partial charge is 0.227 e. The molecule has 0 bridgehead atoms. The number of benzene rings is 1. The molecule has 0 aliphatic heterocycles. The van der Waals surface area contributed by atoms with E-state index in [1.54, 1.807) is 12.3 Å².